The first-order chi connectivity index (χ1) is 16.5. The van der Waals surface area contributed by atoms with E-state index in [0.717, 1.165) is 42.1 Å². The maximum atomic E-state index is 13.9. The minimum absolute atomic E-state index is 0.0777. The van der Waals surface area contributed by atoms with Crippen LogP contribution in [0.5, 0.6) is 5.75 Å². The molecule has 0 bridgehead atoms. The second kappa shape index (κ2) is 9.16. The SMILES string of the molecule is COc1ccccc1CN1C(=O)c2cc3ccccc3n2CC1(C)C(=O)NC1CCCCCC1. The summed E-state index contributed by atoms with van der Waals surface area (Å²) in [5.74, 6) is 0.505. The molecule has 1 saturated carbocycles. The minimum atomic E-state index is -1.03. The molecule has 2 amide bonds. The van der Waals surface area contributed by atoms with Crippen LogP contribution in [-0.4, -0.2) is 40.0 Å². The lowest BCUT2D eigenvalue weighted by Gasteiger charge is -2.44. The predicted molar refractivity (Wildman–Crippen MR) is 133 cm³/mol. The second-order valence-electron chi connectivity index (χ2n) is 9.81. The summed E-state index contributed by atoms with van der Waals surface area (Å²) in [6.07, 6.45) is 6.72. The number of nitrogens with zero attached hydrogens (tertiary/aromatic N) is 2. The minimum Gasteiger partial charge on any atom is -0.496 e. The Morgan fingerprint density at radius 3 is 2.53 bits per heavy atom. The zero-order valence-corrected chi connectivity index (χ0v) is 20.0. The Hall–Kier alpha value is -3.28. The molecule has 5 rings (SSSR count). The third-order valence-electron chi connectivity index (χ3n) is 7.54. The fourth-order valence-corrected chi connectivity index (χ4v) is 5.52. The van der Waals surface area contributed by atoms with Crippen molar-refractivity contribution in [3.63, 3.8) is 0 Å². The molecule has 178 valence electrons. The highest BCUT2D eigenvalue weighted by molar-refractivity contribution is 6.03. The van der Waals surface area contributed by atoms with E-state index >= 15 is 0 Å². The van der Waals surface area contributed by atoms with Crippen molar-refractivity contribution in [2.24, 2.45) is 0 Å². The van der Waals surface area contributed by atoms with Gasteiger partial charge in [0.25, 0.3) is 5.91 Å². The Balaban J connectivity index is 1.55. The number of methoxy groups -OCH3 is 1. The standard InChI is InChI=1S/C28H33N3O3/c1-28(27(33)29-22-13-5-3-4-6-14-22)19-30-23-15-9-7-11-20(23)17-24(30)26(32)31(28)18-21-12-8-10-16-25(21)34-2/h7-12,15-17,22H,3-6,13-14,18-19H2,1-2H3,(H,29,33). The number of rotatable bonds is 5. The summed E-state index contributed by atoms with van der Waals surface area (Å²) in [4.78, 5) is 29.6. The van der Waals surface area contributed by atoms with Gasteiger partial charge in [-0.3, -0.25) is 9.59 Å². The van der Waals surface area contributed by atoms with Crippen LogP contribution < -0.4 is 10.1 Å². The summed E-state index contributed by atoms with van der Waals surface area (Å²) in [5.41, 5.74) is 1.46. The van der Waals surface area contributed by atoms with Crippen LogP contribution in [0.25, 0.3) is 10.9 Å². The van der Waals surface area contributed by atoms with Gasteiger partial charge in [0.2, 0.25) is 5.91 Å². The van der Waals surface area contributed by atoms with E-state index in [4.69, 9.17) is 4.74 Å². The van der Waals surface area contributed by atoms with Crippen LogP contribution in [0.2, 0.25) is 0 Å². The Bertz CT molecular complexity index is 1210. The van der Waals surface area contributed by atoms with Crippen molar-refractivity contribution < 1.29 is 14.3 Å². The van der Waals surface area contributed by atoms with Gasteiger partial charge in [0.05, 0.1) is 20.2 Å². The first-order valence-electron chi connectivity index (χ1n) is 12.3. The maximum Gasteiger partial charge on any atom is 0.271 e. The maximum absolute atomic E-state index is 13.9. The summed E-state index contributed by atoms with van der Waals surface area (Å²) < 4.78 is 7.58. The molecule has 1 aromatic heterocycles. The third kappa shape index (κ3) is 3.95. The highest BCUT2D eigenvalue weighted by atomic mass is 16.5. The molecule has 1 unspecified atom stereocenters. The zero-order valence-electron chi connectivity index (χ0n) is 20.0. The predicted octanol–water partition coefficient (Wildman–Crippen LogP) is 4.90. The number of carbonyl (C=O) groups excluding carboxylic acids is 2. The fraction of sp³-hybridized carbons (Fsp3) is 0.429. The number of nitrogens with one attached hydrogen (secondary N) is 1. The molecule has 6 nitrogen and oxygen atoms in total. The fourth-order valence-electron chi connectivity index (χ4n) is 5.52. The van der Waals surface area contributed by atoms with Crippen molar-refractivity contribution in [1.82, 2.24) is 14.8 Å². The van der Waals surface area contributed by atoms with E-state index in [1.165, 1.54) is 12.8 Å². The average Bonchev–Trinajstić information content (AvgIpc) is 3.02. The monoisotopic (exact) mass is 459 g/mol. The lowest BCUT2D eigenvalue weighted by atomic mass is 9.92. The molecule has 0 saturated heterocycles. The van der Waals surface area contributed by atoms with Crippen molar-refractivity contribution in [1.29, 1.82) is 0 Å². The number of amides is 2. The van der Waals surface area contributed by atoms with Gasteiger partial charge in [-0.05, 0) is 38.0 Å². The number of hydrogen-bond donors (Lipinski definition) is 1. The number of carbonyl (C=O) groups is 2. The van der Waals surface area contributed by atoms with E-state index in [9.17, 15) is 9.59 Å². The number of para-hydroxylation sites is 2. The highest BCUT2D eigenvalue weighted by Crippen LogP contribution is 2.35. The smallest absolute Gasteiger partial charge is 0.271 e. The van der Waals surface area contributed by atoms with Gasteiger partial charge in [0.15, 0.2) is 0 Å². The number of benzene rings is 2. The molecule has 1 fully saturated rings. The van der Waals surface area contributed by atoms with Crippen LogP contribution in [0.4, 0.5) is 0 Å². The number of fused-ring (bicyclic) bond motifs is 3. The second-order valence-corrected chi connectivity index (χ2v) is 9.81. The first-order valence-corrected chi connectivity index (χ1v) is 12.3. The van der Waals surface area contributed by atoms with Gasteiger partial charge in [-0.25, -0.2) is 0 Å². The van der Waals surface area contributed by atoms with Crippen LogP contribution >= 0.6 is 0 Å². The molecule has 3 aromatic rings. The van der Waals surface area contributed by atoms with Crippen molar-refractivity contribution in [2.75, 3.05) is 7.11 Å². The van der Waals surface area contributed by atoms with Crippen LogP contribution in [-0.2, 0) is 17.9 Å². The molecule has 0 spiro atoms. The quantitative estimate of drug-likeness (QED) is 0.552. The van der Waals surface area contributed by atoms with Gasteiger partial charge in [-0.15, -0.1) is 0 Å². The molecule has 0 radical (unpaired) electrons. The molecule has 1 N–H and O–H groups in total. The average molecular weight is 460 g/mol. The molecule has 2 aromatic carbocycles. The number of hydrogen-bond acceptors (Lipinski definition) is 3. The van der Waals surface area contributed by atoms with E-state index < -0.39 is 5.54 Å². The van der Waals surface area contributed by atoms with Gasteiger partial charge >= 0.3 is 0 Å². The highest BCUT2D eigenvalue weighted by Gasteiger charge is 2.48. The van der Waals surface area contributed by atoms with E-state index in [-0.39, 0.29) is 17.9 Å². The lowest BCUT2D eigenvalue weighted by Crippen LogP contribution is -2.64. The van der Waals surface area contributed by atoms with Gasteiger partial charge in [0, 0.05) is 22.5 Å². The van der Waals surface area contributed by atoms with E-state index in [0.29, 0.717) is 24.5 Å². The van der Waals surface area contributed by atoms with Crippen molar-refractivity contribution in [3.8, 4) is 5.75 Å². The van der Waals surface area contributed by atoms with Gasteiger partial charge in [0.1, 0.15) is 17.0 Å². The Labute approximate surface area is 200 Å². The summed E-state index contributed by atoms with van der Waals surface area (Å²) in [6, 6.07) is 17.8. The summed E-state index contributed by atoms with van der Waals surface area (Å²) in [6.45, 7) is 2.62. The molecule has 2 heterocycles. The largest absolute Gasteiger partial charge is 0.496 e. The molecule has 2 aliphatic rings. The van der Waals surface area contributed by atoms with Crippen LogP contribution in [0, 0.1) is 0 Å². The summed E-state index contributed by atoms with van der Waals surface area (Å²) >= 11 is 0. The van der Waals surface area contributed by atoms with Gasteiger partial charge in [-0.2, -0.15) is 0 Å². The molecule has 6 heteroatoms. The van der Waals surface area contributed by atoms with E-state index in [1.54, 1.807) is 12.0 Å². The Morgan fingerprint density at radius 1 is 1.06 bits per heavy atom. The van der Waals surface area contributed by atoms with Crippen molar-refractivity contribution in [2.45, 2.75) is 70.1 Å². The lowest BCUT2D eigenvalue weighted by molar-refractivity contribution is -0.134. The van der Waals surface area contributed by atoms with E-state index in [1.807, 2.05) is 66.1 Å². The molecule has 34 heavy (non-hydrogen) atoms. The Kier molecular flexibility index (Phi) is 6.07. The first kappa shape index (κ1) is 22.5. The van der Waals surface area contributed by atoms with Crippen LogP contribution in [0.1, 0.15) is 61.5 Å². The van der Waals surface area contributed by atoms with Crippen molar-refractivity contribution >= 4 is 22.7 Å². The van der Waals surface area contributed by atoms with Crippen molar-refractivity contribution in [3.05, 3.63) is 65.9 Å². The Morgan fingerprint density at radius 2 is 1.76 bits per heavy atom. The van der Waals surface area contributed by atoms with Crippen LogP contribution in [0.15, 0.2) is 54.6 Å². The number of ether oxygens (including phenoxy) is 1. The molecule has 1 atom stereocenters. The third-order valence-corrected chi connectivity index (χ3v) is 7.54. The molecule has 1 aliphatic carbocycles. The number of aromatic nitrogens is 1. The van der Waals surface area contributed by atoms with Gasteiger partial charge < -0.3 is 19.5 Å². The molecular weight excluding hydrogens is 426 g/mol. The molecular formula is C28H33N3O3. The molecule has 1 aliphatic heterocycles. The van der Waals surface area contributed by atoms with Gasteiger partial charge in [-0.1, -0.05) is 62.1 Å². The topological polar surface area (TPSA) is 63.6 Å². The van der Waals surface area contributed by atoms with Crippen LogP contribution in [0.3, 0.4) is 0 Å². The summed E-state index contributed by atoms with van der Waals surface area (Å²) in [7, 11) is 1.63. The van der Waals surface area contributed by atoms with E-state index in [2.05, 4.69) is 5.32 Å². The zero-order chi connectivity index (χ0) is 23.7. The normalized spacial score (nSPS) is 21.2. The summed E-state index contributed by atoms with van der Waals surface area (Å²) in [5, 5.41) is 4.34.